The molecular formula is C13H18N2O3. The molecule has 0 fully saturated rings. The Balaban J connectivity index is 1.99. The highest BCUT2D eigenvalue weighted by atomic mass is 16.7. The van der Waals surface area contributed by atoms with E-state index in [1.165, 1.54) is 0 Å². The van der Waals surface area contributed by atoms with Gasteiger partial charge >= 0.3 is 0 Å². The highest BCUT2D eigenvalue weighted by molar-refractivity contribution is 5.91. The highest BCUT2D eigenvalue weighted by Gasteiger charge is 2.21. The minimum Gasteiger partial charge on any atom is -0.454 e. The number of nitrogens with two attached hydrogens (primary N) is 1. The molecule has 1 heterocycles. The highest BCUT2D eigenvalue weighted by Crippen LogP contribution is 2.34. The molecule has 98 valence electrons. The minimum atomic E-state index is -0.194. The summed E-state index contributed by atoms with van der Waals surface area (Å²) in [5, 5.41) is 2.83. The molecule has 1 aliphatic rings. The van der Waals surface area contributed by atoms with E-state index in [-0.39, 0.29) is 18.1 Å². The molecule has 0 saturated carbocycles. The van der Waals surface area contributed by atoms with Crippen LogP contribution in [0.2, 0.25) is 0 Å². The Labute approximate surface area is 106 Å². The smallest absolute Gasteiger partial charge is 0.231 e. The first-order valence-electron chi connectivity index (χ1n) is 5.90. The minimum absolute atomic E-state index is 0.0516. The number of nitrogens with one attached hydrogen (secondary N) is 1. The molecule has 1 aromatic carbocycles. The van der Waals surface area contributed by atoms with Gasteiger partial charge in [0.1, 0.15) is 0 Å². The van der Waals surface area contributed by atoms with Crippen LogP contribution in [0.4, 0.5) is 5.69 Å². The van der Waals surface area contributed by atoms with Crippen LogP contribution >= 0.6 is 0 Å². The first kappa shape index (κ1) is 12.7. The monoisotopic (exact) mass is 250 g/mol. The number of carbonyl (C=O) groups excluding carboxylic acids is 1. The number of rotatable bonds is 4. The predicted molar refractivity (Wildman–Crippen MR) is 68.6 cm³/mol. The zero-order valence-electron chi connectivity index (χ0n) is 10.7. The fourth-order valence-electron chi connectivity index (χ4n) is 1.69. The topological polar surface area (TPSA) is 73.6 Å². The Bertz CT molecular complexity index is 458. The molecule has 0 atom stereocenters. The second kappa shape index (κ2) is 4.86. The van der Waals surface area contributed by atoms with Crippen LogP contribution in [-0.2, 0) is 4.79 Å². The van der Waals surface area contributed by atoms with Crippen LogP contribution < -0.4 is 20.5 Å². The molecular weight excluding hydrogens is 232 g/mol. The fraction of sp³-hybridized carbons (Fsp3) is 0.462. The number of hydrogen-bond acceptors (Lipinski definition) is 4. The van der Waals surface area contributed by atoms with Crippen molar-refractivity contribution < 1.29 is 14.3 Å². The molecule has 3 N–H and O–H groups in total. The van der Waals surface area contributed by atoms with E-state index < -0.39 is 0 Å². The lowest BCUT2D eigenvalue weighted by molar-refractivity contribution is -0.117. The van der Waals surface area contributed by atoms with Crippen LogP contribution in [0.25, 0.3) is 0 Å². The maximum absolute atomic E-state index is 11.8. The van der Waals surface area contributed by atoms with Crippen molar-refractivity contribution in [3.8, 4) is 11.5 Å². The van der Waals surface area contributed by atoms with Gasteiger partial charge in [0.05, 0.1) is 0 Å². The SMILES string of the molecule is CC(C)(CN)CC(=O)Nc1ccc2c(c1)OCO2. The van der Waals surface area contributed by atoms with Gasteiger partial charge in [-0.05, 0) is 24.1 Å². The lowest BCUT2D eigenvalue weighted by Gasteiger charge is -2.21. The van der Waals surface area contributed by atoms with E-state index in [0.717, 1.165) is 0 Å². The van der Waals surface area contributed by atoms with Gasteiger partial charge in [0.25, 0.3) is 0 Å². The Morgan fingerprint density at radius 2 is 2.11 bits per heavy atom. The third-order valence-electron chi connectivity index (χ3n) is 2.85. The van der Waals surface area contributed by atoms with Gasteiger partial charge in [0, 0.05) is 18.2 Å². The van der Waals surface area contributed by atoms with Gasteiger partial charge < -0.3 is 20.5 Å². The van der Waals surface area contributed by atoms with Crippen molar-refractivity contribution in [3.63, 3.8) is 0 Å². The molecule has 5 heteroatoms. The van der Waals surface area contributed by atoms with Crippen molar-refractivity contribution in [1.82, 2.24) is 0 Å². The summed E-state index contributed by atoms with van der Waals surface area (Å²) in [5.41, 5.74) is 6.12. The van der Waals surface area contributed by atoms with Crippen molar-refractivity contribution in [1.29, 1.82) is 0 Å². The summed E-state index contributed by atoms with van der Waals surface area (Å²) in [5.74, 6) is 1.31. The molecule has 0 saturated heterocycles. The van der Waals surface area contributed by atoms with Crippen molar-refractivity contribution in [2.45, 2.75) is 20.3 Å². The molecule has 0 radical (unpaired) electrons. The first-order chi connectivity index (χ1) is 8.50. The first-order valence-corrected chi connectivity index (χ1v) is 5.90. The van der Waals surface area contributed by atoms with E-state index in [9.17, 15) is 4.79 Å². The number of ether oxygens (including phenoxy) is 2. The summed E-state index contributed by atoms with van der Waals surface area (Å²) >= 11 is 0. The second-order valence-electron chi connectivity index (χ2n) is 5.16. The van der Waals surface area contributed by atoms with Gasteiger partial charge in [-0.25, -0.2) is 0 Å². The lowest BCUT2D eigenvalue weighted by atomic mass is 9.89. The van der Waals surface area contributed by atoms with Gasteiger partial charge in [0.15, 0.2) is 11.5 Å². The fourth-order valence-corrected chi connectivity index (χ4v) is 1.69. The van der Waals surface area contributed by atoms with Crippen LogP contribution in [-0.4, -0.2) is 19.2 Å². The van der Waals surface area contributed by atoms with Gasteiger partial charge in [-0.15, -0.1) is 0 Å². The number of benzene rings is 1. The summed E-state index contributed by atoms with van der Waals surface area (Å²) in [6, 6.07) is 5.34. The van der Waals surface area contributed by atoms with Crippen molar-refractivity contribution in [2.75, 3.05) is 18.7 Å². The summed E-state index contributed by atoms with van der Waals surface area (Å²) in [4.78, 5) is 11.8. The molecule has 2 rings (SSSR count). The normalized spacial score (nSPS) is 13.5. The number of hydrogen-bond donors (Lipinski definition) is 2. The number of carbonyl (C=O) groups is 1. The zero-order valence-corrected chi connectivity index (χ0v) is 10.7. The van der Waals surface area contributed by atoms with Gasteiger partial charge in [0.2, 0.25) is 12.7 Å². The quantitative estimate of drug-likeness (QED) is 0.853. The van der Waals surface area contributed by atoms with E-state index in [1.54, 1.807) is 18.2 Å². The van der Waals surface area contributed by atoms with Crippen LogP contribution in [0, 0.1) is 5.41 Å². The average Bonchev–Trinajstić information content (AvgIpc) is 2.75. The summed E-state index contributed by atoms with van der Waals surface area (Å²) in [7, 11) is 0. The van der Waals surface area contributed by atoms with E-state index >= 15 is 0 Å². The summed E-state index contributed by atoms with van der Waals surface area (Å²) < 4.78 is 10.5. The van der Waals surface area contributed by atoms with Crippen LogP contribution in [0.15, 0.2) is 18.2 Å². The Kier molecular flexibility index (Phi) is 3.43. The molecule has 0 bridgehead atoms. The third-order valence-corrected chi connectivity index (χ3v) is 2.85. The Hall–Kier alpha value is -1.75. The van der Waals surface area contributed by atoms with E-state index in [2.05, 4.69) is 5.32 Å². The van der Waals surface area contributed by atoms with Gasteiger partial charge in [-0.1, -0.05) is 13.8 Å². The van der Waals surface area contributed by atoms with Gasteiger partial charge in [-0.2, -0.15) is 0 Å². The van der Waals surface area contributed by atoms with Crippen LogP contribution in [0.1, 0.15) is 20.3 Å². The summed E-state index contributed by atoms with van der Waals surface area (Å²) in [6.07, 6.45) is 0.387. The van der Waals surface area contributed by atoms with Crippen molar-refractivity contribution in [2.24, 2.45) is 11.1 Å². The third kappa shape index (κ3) is 2.92. The predicted octanol–water partition coefficient (Wildman–Crippen LogP) is 1.73. The molecule has 18 heavy (non-hydrogen) atoms. The molecule has 5 nitrogen and oxygen atoms in total. The number of anilines is 1. The second-order valence-corrected chi connectivity index (χ2v) is 5.16. The Morgan fingerprint density at radius 1 is 1.39 bits per heavy atom. The number of fused-ring (bicyclic) bond motifs is 1. The standard InChI is InChI=1S/C13H18N2O3/c1-13(2,7-14)6-12(16)15-9-3-4-10-11(5-9)18-8-17-10/h3-5H,6-8,14H2,1-2H3,(H,15,16). The molecule has 1 aromatic rings. The van der Waals surface area contributed by atoms with Crippen LogP contribution in [0.5, 0.6) is 11.5 Å². The van der Waals surface area contributed by atoms with Crippen LogP contribution in [0.3, 0.4) is 0 Å². The Morgan fingerprint density at radius 3 is 2.83 bits per heavy atom. The molecule has 0 aromatic heterocycles. The maximum Gasteiger partial charge on any atom is 0.231 e. The molecule has 1 aliphatic heterocycles. The average molecular weight is 250 g/mol. The molecule has 0 unspecified atom stereocenters. The van der Waals surface area contributed by atoms with E-state index in [4.69, 9.17) is 15.2 Å². The molecule has 0 spiro atoms. The molecule has 0 aliphatic carbocycles. The molecule has 1 amide bonds. The lowest BCUT2D eigenvalue weighted by Crippen LogP contribution is -2.29. The summed E-state index contributed by atoms with van der Waals surface area (Å²) in [6.45, 7) is 4.63. The van der Waals surface area contributed by atoms with E-state index in [1.807, 2.05) is 13.8 Å². The van der Waals surface area contributed by atoms with Crippen molar-refractivity contribution >= 4 is 11.6 Å². The maximum atomic E-state index is 11.8. The largest absolute Gasteiger partial charge is 0.454 e. The number of amides is 1. The van der Waals surface area contributed by atoms with Gasteiger partial charge in [-0.3, -0.25) is 4.79 Å². The van der Waals surface area contributed by atoms with E-state index in [0.29, 0.717) is 30.2 Å². The zero-order chi connectivity index (χ0) is 13.2. The van der Waals surface area contributed by atoms with Crippen molar-refractivity contribution in [3.05, 3.63) is 18.2 Å².